The number of halogens is 1. The molecule has 0 aliphatic rings. The van der Waals surface area contributed by atoms with Crippen molar-refractivity contribution in [2.24, 2.45) is 5.73 Å². The van der Waals surface area contributed by atoms with Crippen LogP contribution >= 0.6 is 12.4 Å². The van der Waals surface area contributed by atoms with Crippen LogP contribution in [-0.4, -0.2) is 12.5 Å². The van der Waals surface area contributed by atoms with Gasteiger partial charge in [-0.2, -0.15) is 0 Å². The molecule has 0 heterocycles. The van der Waals surface area contributed by atoms with Crippen LogP contribution in [0.4, 0.5) is 0 Å². The largest absolute Gasteiger partial charge is 0.370 e. The van der Waals surface area contributed by atoms with Gasteiger partial charge >= 0.3 is 0 Å². The van der Waals surface area contributed by atoms with Gasteiger partial charge in [-0.25, -0.2) is 0 Å². The summed E-state index contributed by atoms with van der Waals surface area (Å²) in [4.78, 5) is 0. The van der Waals surface area contributed by atoms with Gasteiger partial charge in [0.15, 0.2) is 5.96 Å². The van der Waals surface area contributed by atoms with E-state index in [-0.39, 0.29) is 18.4 Å². The molecule has 0 unspecified atom stereocenters. The molecule has 0 aliphatic heterocycles. The third-order valence-electron chi connectivity index (χ3n) is 2.35. The van der Waals surface area contributed by atoms with Crippen molar-refractivity contribution in [1.29, 1.82) is 5.41 Å². The molecule has 0 radical (unpaired) electrons. The number of nitrogens with two attached hydrogens (primary N) is 1. The van der Waals surface area contributed by atoms with Crippen LogP contribution in [0.5, 0.6) is 0 Å². The number of hydrogen-bond donors (Lipinski definition) is 3. The first-order valence-electron chi connectivity index (χ1n) is 5.85. The summed E-state index contributed by atoms with van der Waals surface area (Å²) in [7, 11) is 0. The third-order valence-corrected chi connectivity index (χ3v) is 2.35. The number of unbranched alkanes of at least 4 members (excludes halogenated alkanes) is 7. The average molecular weight is 236 g/mol. The fourth-order valence-electron chi connectivity index (χ4n) is 1.48. The SMILES string of the molecule is CCCCCCCCCCNC(=N)N.Cl. The highest BCUT2D eigenvalue weighted by atomic mass is 35.5. The van der Waals surface area contributed by atoms with Crippen molar-refractivity contribution in [3.8, 4) is 0 Å². The topological polar surface area (TPSA) is 61.9 Å². The minimum Gasteiger partial charge on any atom is -0.370 e. The molecule has 4 N–H and O–H groups in total. The van der Waals surface area contributed by atoms with Gasteiger partial charge in [0.05, 0.1) is 0 Å². The summed E-state index contributed by atoms with van der Waals surface area (Å²) in [6.45, 7) is 3.09. The Bertz CT molecular complexity index is 140. The lowest BCUT2D eigenvalue weighted by Gasteiger charge is -2.03. The average Bonchev–Trinajstić information content (AvgIpc) is 2.15. The molecule has 92 valence electrons. The molecule has 0 aromatic carbocycles. The van der Waals surface area contributed by atoms with E-state index in [2.05, 4.69) is 12.2 Å². The lowest BCUT2D eigenvalue weighted by molar-refractivity contribution is 0.572. The molecule has 0 aromatic heterocycles. The Hall–Kier alpha value is -0.440. The summed E-state index contributed by atoms with van der Waals surface area (Å²) in [5.74, 6) is 0.0907. The van der Waals surface area contributed by atoms with Crippen molar-refractivity contribution in [2.75, 3.05) is 6.54 Å². The number of guanidine groups is 1. The van der Waals surface area contributed by atoms with Gasteiger partial charge in [-0.1, -0.05) is 51.9 Å². The molecule has 0 fully saturated rings. The Labute approximate surface area is 100 Å². The molecular formula is C11H26ClN3. The minimum absolute atomic E-state index is 0. The van der Waals surface area contributed by atoms with E-state index in [0.717, 1.165) is 13.0 Å². The van der Waals surface area contributed by atoms with Crippen molar-refractivity contribution in [2.45, 2.75) is 58.3 Å². The van der Waals surface area contributed by atoms with Crippen molar-refractivity contribution in [3.63, 3.8) is 0 Å². The molecule has 15 heavy (non-hydrogen) atoms. The van der Waals surface area contributed by atoms with Crippen molar-refractivity contribution in [3.05, 3.63) is 0 Å². The summed E-state index contributed by atoms with van der Waals surface area (Å²) >= 11 is 0. The molecule has 0 aromatic rings. The van der Waals surface area contributed by atoms with Crippen molar-refractivity contribution >= 4 is 18.4 Å². The smallest absolute Gasteiger partial charge is 0.185 e. The van der Waals surface area contributed by atoms with E-state index in [1.54, 1.807) is 0 Å². The monoisotopic (exact) mass is 235 g/mol. The summed E-state index contributed by atoms with van der Waals surface area (Å²) < 4.78 is 0. The van der Waals surface area contributed by atoms with Crippen LogP contribution in [0.3, 0.4) is 0 Å². The fraction of sp³-hybridized carbons (Fsp3) is 0.909. The van der Waals surface area contributed by atoms with Gasteiger partial charge in [-0.15, -0.1) is 12.4 Å². The highest BCUT2D eigenvalue weighted by Crippen LogP contribution is 2.07. The summed E-state index contributed by atoms with van der Waals surface area (Å²) in [6, 6.07) is 0. The van der Waals surface area contributed by atoms with Crippen molar-refractivity contribution < 1.29 is 0 Å². The second kappa shape index (κ2) is 13.6. The molecule has 0 atom stereocenters. The maximum Gasteiger partial charge on any atom is 0.185 e. The predicted octanol–water partition coefficient (Wildman–Crippen LogP) is 3.03. The third kappa shape index (κ3) is 16.2. The highest BCUT2D eigenvalue weighted by Gasteiger charge is 1.91. The lowest BCUT2D eigenvalue weighted by Crippen LogP contribution is -2.30. The first-order chi connectivity index (χ1) is 6.77. The molecule has 0 amide bonds. The van der Waals surface area contributed by atoms with E-state index in [0.29, 0.717) is 0 Å². The summed E-state index contributed by atoms with van der Waals surface area (Å²) in [6.07, 6.45) is 10.5. The second-order valence-electron chi connectivity index (χ2n) is 3.82. The Morgan fingerprint density at radius 3 is 1.93 bits per heavy atom. The number of hydrogen-bond acceptors (Lipinski definition) is 1. The molecule has 3 nitrogen and oxygen atoms in total. The van der Waals surface area contributed by atoms with Crippen molar-refractivity contribution in [1.82, 2.24) is 5.32 Å². The Morgan fingerprint density at radius 2 is 1.47 bits per heavy atom. The van der Waals surface area contributed by atoms with E-state index >= 15 is 0 Å². The zero-order chi connectivity index (χ0) is 10.6. The van der Waals surface area contributed by atoms with Gasteiger partial charge in [0, 0.05) is 6.54 Å². The van der Waals surface area contributed by atoms with Gasteiger partial charge in [-0.05, 0) is 6.42 Å². The summed E-state index contributed by atoms with van der Waals surface area (Å²) in [5, 5.41) is 9.77. The molecule has 0 bridgehead atoms. The molecule has 0 rings (SSSR count). The van der Waals surface area contributed by atoms with Gasteiger partial charge in [0.25, 0.3) is 0 Å². The first-order valence-corrected chi connectivity index (χ1v) is 5.85. The molecule has 0 saturated heterocycles. The normalized spacial score (nSPS) is 9.40. The van der Waals surface area contributed by atoms with Crippen LogP contribution in [0.15, 0.2) is 0 Å². The van der Waals surface area contributed by atoms with Crippen LogP contribution < -0.4 is 11.1 Å². The first kappa shape index (κ1) is 17.0. The predicted molar refractivity (Wildman–Crippen MR) is 69.8 cm³/mol. The second-order valence-corrected chi connectivity index (χ2v) is 3.82. The maximum atomic E-state index is 6.95. The standard InChI is InChI=1S/C11H25N3.ClH/c1-2-3-4-5-6-7-8-9-10-14-11(12)13;/h2-10H2,1H3,(H4,12,13,14);1H. The van der Waals surface area contributed by atoms with E-state index in [4.69, 9.17) is 11.1 Å². The Morgan fingerprint density at radius 1 is 1.00 bits per heavy atom. The maximum absolute atomic E-state index is 6.95. The van der Waals surface area contributed by atoms with Gasteiger partial charge < -0.3 is 11.1 Å². The van der Waals surface area contributed by atoms with Crippen LogP contribution in [0.2, 0.25) is 0 Å². The Kier molecular flexibility index (Phi) is 15.3. The molecule has 0 saturated carbocycles. The molecule has 0 aliphatic carbocycles. The lowest BCUT2D eigenvalue weighted by atomic mass is 10.1. The zero-order valence-corrected chi connectivity index (χ0v) is 10.7. The number of rotatable bonds is 9. The van der Waals surface area contributed by atoms with E-state index in [9.17, 15) is 0 Å². The molecule has 0 spiro atoms. The quantitative estimate of drug-likeness (QED) is 0.327. The zero-order valence-electron chi connectivity index (χ0n) is 9.85. The van der Waals surface area contributed by atoms with Gasteiger partial charge in [-0.3, -0.25) is 5.41 Å². The van der Waals surface area contributed by atoms with E-state index < -0.39 is 0 Å². The minimum atomic E-state index is 0. The fourth-order valence-corrected chi connectivity index (χ4v) is 1.48. The van der Waals surface area contributed by atoms with Crippen LogP contribution in [0, 0.1) is 5.41 Å². The highest BCUT2D eigenvalue weighted by molar-refractivity contribution is 5.85. The summed E-state index contributed by atoms with van der Waals surface area (Å²) in [5.41, 5.74) is 5.16. The van der Waals surface area contributed by atoms with Gasteiger partial charge in [0.2, 0.25) is 0 Å². The van der Waals surface area contributed by atoms with Gasteiger partial charge in [0.1, 0.15) is 0 Å². The van der Waals surface area contributed by atoms with E-state index in [1.165, 1.54) is 44.9 Å². The van der Waals surface area contributed by atoms with Crippen LogP contribution in [0.1, 0.15) is 58.3 Å². The molecule has 4 heteroatoms. The van der Waals surface area contributed by atoms with Crippen LogP contribution in [-0.2, 0) is 0 Å². The number of nitrogens with one attached hydrogen (secondary N) is 2. The van der Waals surface area contributed by atoms with E-state index in [1.807, 2.05) is 0 Å². The molecular weight excluding hydrogens is 210 g/mol. The van der Waals surface area contributed by atoms with Crippen LogP contribution in [0.25, 0.3) is 0 Å². The Balaban J connectivity index is 0.